The molecule has 0 radical (unpaired) electrons. The largest absolute Gasteiger partial charge is 0.462 e. The Balaban J connectivity index is 1.51. The molecule has 2 aromatic carbocycles. The third-order valence-electron chi connectivity index (χ3n) is 5.78. The number of amides is 1. The molecule has 4 rings (SSSR count). The first-order valence-electron chi connectivity index (χ1n) is 11.4. The molecule has 3 aromatic rings. The van der Waals surface area contributed by atoms with Gasteiger partial charge in [-0.25, -0.2) is 4.79 Å². The number of ether oxygens (including phenoxy) is 1. The molecule has 1 aliphatic rings. The molecule has 2 N–H and O–H groups in total. The van der Waals surface area contributed by atoms with Crippen molar-refractivity contribution in [2.45, 2.75) is 39.6 Å². The maximum absolute atomic E-state index is 12.6. The fraction of sp³-hybridized carbons (Fsp3) is 0.259. The second-order valence-electron chi connectivity index (χ2n) is 8.10. The Morgan fingerprint density at radius 1 is 1.12 bits per heavy atom. The topological polar surface area (TPSA) is 72.4 Å². The van der Waals surface area contributed by atoms with E-state index in [0.29, 0.717) is 17.1 Å². The van der Waals surface area contributed by atoms with Crippen molar-refractivity contribution in [1.29, 1.82) is 0 Å². The van der Waals surface area contributed by atoms with Crippen LogP contribution in [0.2, 0.25) is 0 Å². The maximum Gasteiger partial charge on any atom is 0.338 e. The molecule has 7 heteroatoms. The lowest BCUT2D eigenvalue weighted by Crippen LogP contribution is -2.30. The molecule has 1 fully saturated rings. The second kappa shape index (κ2) is 10.2. The van der Waals surface area contributed by atoms with Crippen molar-refractivity contribution in [2.75, 3.05) is 11.9 Å². The molecule has 0 aliphatic carbocycles. The number of nitrogens with zero attached hydrogens (tertiary/aromatic N) is 1. The van der Waals surface area contributed by atoms with Gasteiger partial charge < -0.3 is 19.9 Å². The summed E-state index contributed by atoms with van der Waals surface area (Å²) in [4.78, 5) is 25.2. The minimum Gasteiger partial charge on any atom is -0.462 e. The molecule has 1 atom stereocenters. The molecule has 1 aromatic heterocycles. The lowest BCUT2D eigenvalue weighted by atomic mass is 10.1. The number of esters is 1. The van der Waals surface area contributed by atoms with Crippen LogP contribution < -0.4 is 10.6 Å². The molecule has 0 saturated carbocycles. The van der Waals surface area contributed by atoms with Crippen molar-refractivity contribution in [2.24, 2.45) is 0 Å². The van der Waals surface area contributed by atoms with Crippen LogP contribution in [0, 0.1) is 13.8 Å². The Morgan fingerprint density at radius 3 is 2.47 bits per heavy atom. The number of carbonyl (C=O) groups is 2. The number of aromatic nitrogens is 1. The minimum absolute atomic E-state index is 0.0868. The summed E-state index contributed by atoms with van der Waals surface area (Å²) in [5.74, 6) is -0.412. The van der Waals surface area contributed by atoms with Crippen LogP contribution in [0.25, 0.3) is 11.8 Å². The van der Waals surface area contributed by atoms with Crippen LogP contribution in [0.4, 0.5) is 5.69 Å². The zero-order valence-electron chi connectivity index (χ0n) is 19.8. The predicted octanol–water partition coefficient (Wildman–Crippen LogP) is 5.43. The normalized spacial score (nSPS) is 16.5. The Bertz CT molecular complexity index is 1230. The van der Waals surface area contributed by atoms with Gasteiger partial charge in [-0.3, -0.25) is 4.79 Å². The van der Waals surface area contributed by atoms with Gasteiger partial charge in [0.05, 0.1) is 17.1 Å². The molecule has 176 valence electrons. The number of rotatable bonds is 7. The van der Waals surface area contributed by atoms with Crippen molar-refractivity contribution >= 4 is 35.4 Å². The first-order chi connectivity index (χ1) is 16.4. The van der Waals surface area contributed by atoms with E-state index in [0.717, 1.165) is 34.7 Å². The summed E-state index contributed by atoms with van der Waals surface area (Å²) < 4.78 is 7.18. The standard InChI is InChI=1S/C27H29N3O3S/c1-5-19-7-11-22(12-8-19)28-27-29-25(31)24(34-27)16-21-15-17(3)30(18(21)4)23-13-9-20(10-14-23)26(32)33-6-2/h7-16,27-28H,5-6H2,1-4H3,(H,29,31)/b24-16-/t27-/m1/s1. The highest BCUT2D eigenvalue weighted by Crippen LogP contribution is 2.32. The summed E-state index contributed by atoms with van der Waals surface area (Å²) in [7, 11) is 0. The highest BCUT2D eigenvalue weighted by Gasteiger charge is 2.27. The average Bonchev–Trinajstić information content (AvgIpc) is 3.32. The third-order valence-corrected chi connectivity index (χ3v) is 6.81. The molecule has 0 spiro atoms. The van der Waals surface area contributed by atoms with E-state index in [1.165, 1.54) is 17.3 Å². The van der Waals surface area contributed by atoms with Crippen LogP contribution in [0.5, 0.6) is 0 Å². The van der Waals surface area contributed by atoms with Crippen LogP contribution in [-0.2, 0) is 16.0 Å². The first kappa shape index (κ1) is 23.7. The zero-order chi connectivity index (χ0) is 24.2. The molecule has 1 aliphatic heterocycles. The summed E-state index contributed by atoms with van der Waals surface area (Å²) in [6.45, 7) is 8.32. The van der Waals surface area contributed by atoms with Crippen molar-refractivity contribution in [1.82, 2.24) is 9.88 Å². The quantitative estimate of drug-likeness (QED) is 0.352. The van der Waals surface area contributed by atoms with Crippen LogP contribution in [0.3, 0.4) is 0 Å². The minimum atomic E-state index is -0.325. The molecule has 6 nitrogen and oxygen atoms in total. The van der Waals surface area contributed by atoms with Crippen LogP contribution in [0.15, 0.2) is 59.5 Å². The molecule has 0 bridgehead atoms. The van der Waals surface area contributed by atoms with Gasteiger partial charge in [-0.15, -0.1) is 0 Å². The van der Waals surface area contributed by atoms with Gasteiger partial charge in [-0.1, -0.05) is 30.8 Å². The molecular weight excluding hydrogens is 446 g/mol. The summed E-state index contributed by atoms with van der Waals surface area (Å²) in [6, 6.07) is 17.7. The van der Waals surface area contributed by atoms with Gasteiger partial charge in [0.25, 0.3) is 5.91 Å². The smallest absolute Gasteiger partial charge is 0.338 e. The Kier molecular flexibility index (Phi) is 7.12. The number of anilines is 1. The molecule has 1 saturated heterocycles. The van der Waals surface area contributed by atoms with Crippen LogP contribution in [-0.4, -0.2) is 28.5 Å². The van der Waals surface area contributed by atoms with Gasteiger partial charge in [-0.2, -0.15) is 0 Å². The van der Waals surface area contributed by atoms with E-state index >= 15 is 0 Å². The van der Waals surface area contributed by atoms with Gasteiger partial charge in [0.1, 0.15) is 0 Å². The van der Waals surface area contributed by atoms with Gasteiger partial charge in [0.15, 0.2) is 5.50 Å². The molecule has 1 amide bonds. The van der Waals surface area contributed by atoms with Crippen molar-refractivity contribution in [3.63, 3.8) is 0 Å². The fourth-order valence-corrected chi connectivity index (χ4v) is 4.96. The van der Waals surface area contributed by atoms with E-state index in [1.54, 1.807) is 19.1 Å². The lowest BCUT2D eigenvalue weighted by molar-refractivity contribution is -0.116. The van der Waals surface area contributed by atoms with Crippen molar-refractivity contribution in [3.05, 3.63) is 87.6 Å². The van der Waals surface area contributed by atoms with Crippen molar-refractivity contribution < 1.29 is 14.3 Å². The molecule has 34 heavy (non-hydrogen) atoms. The lowest BCUT2D eigenvalue weighted by Gasteiger charge is -2.12. The fourth-order valence-electron chi connectivity index (χ4n) is 3.99. The highest BCUT2D eigenvalue weighted by atomic mass is 32.2. The highest BCUT2D eigenvalue weighted by molar-refractivity contribution is 8.05. The van der Waals surface area contributed by atoms with E-state index in [-0.39, 0.29) is 17.4 Å². The third kappa shape index (κ3) is 5.04. The van der Waals surface area contributed by atoms with Gasteiger partial charge in [0.2, 0.25) is 0 Å². The predicted molar refractivity (Wildman–Crippen MR) is 138 cm³/mol. The van der Waals surface area contributed by atoms with E-state index in [9.17, 15) is 9.59 Å². The van der Waals surface area contributed by atoms with E-state index in [4.69, 9.17) is 4.74 Å². The average molecular weight is 476 g/mol. The van der Waals surface area contributed by atoms with Gasteiger partial charge in [-0.05, 0) is 86.9 Å². The summed E-state index contributed by atoms with van der Waals surface area (Å²) >= 11 is 1.48. The number of carbonyl (C=O) groups excluding carboxylic acids is 2. The maximum atomic E-state index is 12.6. The first-order valence-corrected chi connectivity index (χ1v) is 12.3. The number of hydrogen-bond acceptors (Lipinski definition) is 5. The summed E-state index contributed by atoms with van der Waals surface area (Å²) in [5.41, 5.74) is 6.56. The number of aryl methyl sites for hydroxylation is 2. The SMILES string of the molecule is CCOC(=O)c1ccc(-n2c(C)cc(/C=C3\S[C@H](Nc4ccc(CC)cc4)NC3=O)c2C)cc1. The molecule has 2 heterocycles. The summed E-state index contributed by atoms with van der Waals surface area (Å²) in [6.07, 6.45) is 2.93. The van der Waals surface area contributed by atoms with Gasteiger partial charge >= 0.3 is 5.97 Å². The van der Waals surface area contributed by atoms with Gasteiger partial charge in [0, 0.05) is 22.8 Å². The van der Waals surface area contributed by atoms with E-state index in [1.807, 2.05) is 44.2 Å². The number of hydrogen-bond donors (Lipinski definition) is 2. The van der Waals surface area contributed by atoms with E-state index in [2.05, 4.69) is 40.3 Å². The zero-order valence-corrected chi connectivity index (χ0v) is 20.7. The van der Waals surface area contributed by atoms with E-state index < -0.39 is 0 Å². The monoisotopic (exact) mass is 475 g/mol. The Morgan fingerprint density at radius 2 is 1.82 bits per heavy atom. The number of benzene rings is 2. The Hall–Kier alpha value is -3.45. The van der Waals surface area contributed by atoms with Crippen LogP contribution in [0.1, 0.15) is 46.7 Å². The second-order valence-corrected chi connectivity index (χ2v) is 9.25. The molecular formula is C27H29N3O3S. The van der Waals surface area contributed by atoms with Crippen molar-refractivity contribution in [3.8, 4) is 5.69 Å². The Labute approximate surface area is 204 Å². The summed E-state index contributed by atoms with van der Waals surface area (Å²) in [5, 5.41) is 6.36. The number of thioether (sulfide) groups is 1. The van der Waals surface area contributed by atoms with Crippen LogP contribution >= 0.6 is 11.8 Å². The molecule has 0 unspecified atom stereocenters. The number of nitrogens with one attached hydrogen (secondary N) is 2.